The molecule has 0 bridgehead atoms. The second kappa shape index (κ2) is 5.71. The van der Waals surface area contributed by atoms with Gasteiger partial charge in [-0.15, -0.1) is 5.10 Å². The number of nitrogen functional groups attached to an aromatic ring is 1. The molecule has 3 N–H and O–H groups in total. The molecule has 6 heteroatoms. The molecule has 0 amide bonds. The van der Waals surface area contributed by atoms with E-state index in [0.29, 0.717) is 11.4 Å². The van der Waals surface area contributed by atoms with Crippen molar-refractivity contribution in [2.75, 3.05) is 5.73 Å². The summed E-state index contributed by atoms with van der Waals surface area (Å²) in [5.41, 5.74) is 9.64. The van der Waals surface area contributed by atoms with Crippen LogP contribution in [0.5, 0.6) is 0 Å². The molecule has 112 valence electrons. The molecular formula is C17H15BN4O. The molecule has 1 aromatic heterocycles. The summed E-state index contributed by atoms with van der Waals surface area (Å²) in [6, 6.07) is 13.3. The third-order valence-electron chi connectivity index (χ3n) is 3.95. The number of nitriles is 1. The predicted molar refractivity (Wildman–Crippen MR) is 92.3 cm³/mol. The fourth-order valence-electron chi connectivity index (χ4n) is 2.63. The van der Waals surface area contributed by atoms with E-state index in [1.807, 2.05) is 31.2 Å². The number of anilines is 1. The molecule has 0 saturated heterocycles. The lowest BCUT2D eigenvalue weighted by atomic mass is 9.64. The fourth-order valence-corrected chi connectivity index (χ4v) is 2.63. The number of hydrogen-bond donors (Lipinski definition) is 2. The smallest absolute Gasteiger partial charge is 0.320 e. The maximum atomic E-state index is 9.79. The quantitative estimate of drug-likeness (QED) is 0.705. The molecule has 0 atom stereocenters. The first-order valence-corrected chi connectivity index (χ1v) is 7.26. The zero-order chi connectivity index (χ0) is 16.6. The summed E-state index contributed by atoms with van der Waals surface area (Å²) >= 11 is 0. The Bertz CT molecular complexity index is 947. The Hall–Kier alpha value is -2.91. The van der Waals surface area contributed by atoms with Crippen LogP contribution in [0.3, 0.4) is 0 Å². The SMILES string of the molecule is CB(O)c1ccc(C#N)c(-c2ccc3c(N)nnc(C)c3c2)c1. The summed E-state index contributed by atoms with van der Waals surface area (Å²) in [7, 11) is 0. The minimum Gasteiger partial charge on any atom is -0.447 e. The number of hydrogen-bond acceptors (Lipinski definition) is 5. The molecule has 0 fully saturated rings. The summed E-state index contributed by atoms with van der Waals surface area (Å²) in [6.07, 6.45) is 0. The Kier molecular flexibility index (Phi) is 3.72. The van der Waals surface area contributed by atoms with E-state index in [2.05, 4.69) is 16.3 Å². The van der Waals surface area contributed by atoms with Crippen molar-refractivity contribution in [3.63, 3.8) is 0 Å². The van der Waals surface area contributed by atoms with Gasteiger partial charge in [-0.05, 0) is 41.7 Å². The summed E-state index contributed by atoms with van der Waals surface area (Å²) < 4.78 is 0. The molecule has 3 aromatic rings. The molecule has 3 rings (SSSR count). The number of fused-ring (bicyclic) bond motifs is 1. The molecule has 0 aliphatic heterocycles. The fraction of sp³-hybridized carbons (Fsp3) is 0.118. The van der Waals surface area contributed by atoms with Gasteiger partial charge in [0.25, 0.3) is 0 Å². The zero-order valence-corrected chi connectivity index (χ0v) is 12.9. The van der Waals surface area contributed by atoms with Gasteiger partial charge in [0.2, 0.25) is 0 Å². The highest BCUT2D eigenvalue weighted by Crippen LogP contribution is 2.29. The van der Waals surface area contributed by atoms with Crippen LogP contribution in [0.25, 0.3) is 21.9 Å². The second-order valence-corrected chi connectivity index (χ2v) is 5.52. The summed E-state index contributed by atoms with van der Waals surface area (Å²) in [5.74, 6) is 0.385. The van der Waals surface area contributed by atoms with Crippen molar-refractivity contribution in [3.05, 3.63) is 47.7 Å². The van der Waals surface area contributed by atoms with Gasteiger partial charge in [-0.1, -0.05) is 25.0 Å². The molecular weight excluding hydrogens is 287 g/mol. The lowest BCUT2D eigenvalue weighted by Crippen LogP contribution is -2.26. The van der Waals surface area contributed by atoms with Crippen LogP contribution < -0.4 is 11.2 Å². The molecule has 0 aliphatic carbocycles. The van der Waals surface area contributed by atoms with Gasteiger partial charge in [-0.2, -0.15) is 10.4 Å². The number of benzene rings is 2. The van der Waals surface area contributed by atoms with Crippen molar-refractivity contribution < 1.29 is 5.02 Å². The summed E-state index contributed by atoms with van der Waals surface area (Å²) in [4.78, 5) is 0. The van der Waals surface area contributed by atoms with Crippen LogP contribution in [0, 0.1) is 18.3 Å². The van der Waals surface area contributed by atoms with Crippen molar-refractivity contribution >= 4 is 29.0 Å². The van der Waals surface area contributed by atoms with Crippen LogP contribution in [0.4, 0.5) is 5.82 Å². The molecule has 0 radical (unpaired) electrons. The van der Waals surface area contributed by atoms with Crippen molar-refractivity contribution in [1.82, 2.24) is 10.2 Å². The van der Waals surface area contributed by atoms with E-state index in [4.69, 9.17) is 5.73 Å². The van der Waals surface area contributed by atoms with Gasteiger partial charge in [-0.25, -0.2) is 0 Å². The number of aromatic nitrogens is 2. The number of rotatable bonds is 2. The molecule has 0 aliphatic rings. The first-order valence-electron chi connectivity index (χ1n) is 7.26. The van der Waals surface area contributed by atoms with Crippen LogP contribution >= 0.6 is 0 Å². The molecule has 5 nitrogen and oxygen atoms in total. The van der Waals surface area contributed by atoms with Crippen LogP contribution in [0.15, 0.2) is 36.4 Å². The highest BCUT2D eigenvalue weighted by Gasteiger charge is 2.13. The van der Waals surface area contributed by atoms with Gasteiger partial charge in [0.15, 0.2) is 5.82 Å². The highest BCUT2D eigenvalue weighted by molar-refractivity contribution is 6.64. The first kappa shape index (κ1) is 15.0. The molecule has 1 heterocycles. The van der Waals surface area contributed by atoms with Crippen molar-refractivity contribution in [2.45, 2.75) is 13.7 Å². The van der Waals surface area contributed by atoms with Crippen molar-refractivity contribution in [3.8, 4) is 17.2 Å². The molecule has 2 aromatic carbocycles. The Balaban J connectivity index is 2.27. The van der Waals surface area contributed by atoms with Gasteiger partial charge in [0.05, 0.1) is 17.3 Å². The van der Waals surface area contributed by atoms with Gasteiger partial charge in [-0.3, -0.25) is 0 Å². The van der Waals surface area contributed by atoms with E-state index in [0.717, 1.165) is 33.1 Å². The predicted octanol–water partition coefficient (Wildman–Crippen LogP) is 1.88. The Labute approximate surface area is 134 Å². The monoisotopic (exact) mass is 302 g/mol. The normalized spacial score (nSPS) is 10.5. The van der Waals surface area contributed by atoms with E-state index < -0.39 is 6.92 Å². The van der Waals surface area contributed by atoms with Crippen molar-refractivity contribution in [1.29, 1.82) is 5.26 Å². The topological polar surface area (TPSA) is 95.8 Å². The first-order chi connectivity index (χ1) is 11.0. The van der Waals surface area contributed by atoms with Crippen LogP contribution in [-0.2, 0) is 0 Å². The zero-order valence-electron chi connectivity index (χ0n) is 12.9. The van der Waals surface area contributed by atoms with E-state index in [-0.39, 0.29) is 0 Å². The molecule has 0 saturated carbocycles. The van der Waals surface area contributed by atoms with Gasteiger partial charge < -0.3 is 10.8 Å². The largest absolute Gasteiger partial charge is 0.447 e. The van der Waals surface area contributed by atoms with Crippen molar-refractivity contribution in [2.24, 2.45) is 0 Å². The average Bonchev–Trinajstić information content (AvgIpc) is 2.57. The number of nitrogens with two attached hydrogens (primary N) is 1. The van der Waals surface area contributed by atoms with E-state index in [1.54, 1.807) is 19.0 Å². The van der Waals surface area contributed by atoms with Gasteiger partial charge in [0.1, 0.15) is 0 Å². The Morgan fingerprint density at radius 2 is 1.91 bits per heavy atom. The lowest BCUT2D eigenvalue weighted by Gasteiger charge is -2.10. The van der Waals surface area contributed by atoms with E-state index in [9.17, 15) is 10.3 Å². The maximum Gasteiger partial charge on any atom is 0.320 e. The minimum atomic E-state index is -0.592. The lowest BCUT2D eigenvalue weighted by molar-refractivity contribution is 0.594. The summed E-state index contributed by atoms with van der Waals surface area (Å²) in [6.45, 7) is 2.98. The molecule has 0 spiro atoms. The van der Waals surface area contributed by atoms with Crippen LogP contribution in [0.1, 0.15) is 11.3 Å². The Morgan fingerprint density at radius 3 is 2.61 bits per heavy atom. The second-order valence-electron chi connectivity index (χ2n) is 5.52. The highest BCUT2D eigenvalue weighted by atomic mass is 16.2. The van der Waals surface area contributed by atoms with E-state index >= 15 is 0 Å². The average molecular weight is 302 g/mol. The van der Waals surface area contributed by atoms with Crippen LogP contribution in [0.2, 0.25) is 6.82 Å². The van der Waals surface area contributed by atoms with Gasteiger partial charge in [0, 0.05) is 10.8 Å². The minimum absolute atomic E-state index is 0.385. The van der Waals surface area contributed by atoms with E-state index in [1.165, 1.54) is 0 Å². The molecule has 23 heavy (non-hydrogen) atoms. The summed E-state index contributed by atoms with van der Waals surface area (Å²) in [5, 5.41) is 28.9. The third kappa shape index (κ3) is 2.63. The Morgan fingerprint density at radius 1 is 1.13 bits per heavy atom. The van der Waals surface area contributed by atoms with Gasteiger partial charge >= 0.3 is 6.92 Å². The standard InChI is InChI=1S/C17H15BN4O/c1-10-15-7-11(4-6-14(15)17(20)22-21-10)16-8-13(18(2)23)5-3-12(16)9-19/h3-8,23H,1-2H3,(H2,20,22). The maximum absolute atomic E-state index is 9.79. The van der Waals surface area contributed by atoms with Crippen LogP contribution in [-0.4, -0.2) is 22.1 Å². The number of nitrogens with zero attached hydrogens (tertiary/aromatic N) is 3. The number of aryl methyl sites for hydroxylation is 1. The molecule has 0 unspecified atom stereocenters. The third-order valence-corrected chi connectivity index (χ3v) is 3.95.